The van der Waals surface area contributed by atoms with Gasteiger partial charge >= 0.3 is 5.97 Å². The summed E-state index contributed by atoms with van der Waals surface area (Å²) >= 11 is 0. The van der Waals surface area contributed by atoms with Gasteiger partial charge in [-0.25, -0.2) is 9.97 Å². The van der Waals surface area contributed by atoms with Crippen molar-refractivity contribution in [1.82, 2.24) is 20.2 Å². The van der Waals surface area contributed by atoms with Gasteiger partial charge in [-0.2, -0.15) is 0 Å². The van der Waals surface area contributed by atoms with E-state index in [-0.39, 0.29) is 19.1 Å². The van der Waals surface area contributed by atoms with Crippen LogP contribution >= 0.6 is 0 Å². The summed E-state index contributed by atoms with van der Waals surface area (Å²) in [7, 11) is 1.46. The van der Waals surface area contributed by atoms with E-state index in [2.05, 4.69) is 15.3 Å². The maximum absolute atomic E-state index is 12.3. The van der Waals surface area contributed by atoms with Gasteiger partial charge in [0.1, 0.15) is 12.3 Å². The fourth-order valence-corrected chi connectivity index (χ4v) is 2.97. The second-order valence-electron chi connectivity index (χ2n) is 6.46. The number of ether oxygens (including phenoxy) is 2. The topological polar surface area (TPSA) is 114 Å². The van der Waals surface area contributed by atoms with Crippen LogP contribution in [0, 0.1) is 0 Å². The first-order valence-electron chi connectivity index (χ1n) is 9.45. The zero-order valence-electron chi connectivity index (χ0n) is 16.6. The molecule has 3 rings (SSSR count). The molecule has 0 unspecified atom stereocenters. The third-order valence-corrected chi connectivity index (χ3v) is 4.57. The molecule has 10 heteroatoms. The number of anilines is 1. The van der Waals surface area contributed by atoms with Crippen LogP contribution in [-0.2, 0) is 14.3 Å². The summed E-state index contributed by atoms with van der Waals surface area (Å²) in [4.78, 5) is 48.4. The number of nitrogens with one attached hydrogen (secondary N) is 1. The minimum atomic E-state index is -0.692. The highest BCUT2D eigenvalue weighted by atomic mass is 16.5. The van der Waals surface area contributed by atoms with Gasteiger partial charge in [0, 0.05) is 38.6 Å². The van der Waals surface area contributed by atoms with Crippen LogP contribution in [0.25, 0.3) is 0 Å². The van der Waals surface area contributed by atoms with Gasteiger partial charge in [-0.05, 0) is 18.2 Å². The van der Waals surface area contributed by atoms with Crippen LogP contribution in [0.5, 0.6) is 5.75 Å². The number of esters is 1. The molecule has 0 saturated carbocycles. The molecule has 1 aromatic carbocycles. The lowest BCUT2D eigenvalue weighted by molar-refractivity contribution is -0.151. The predicted molar refractivity (Wildman–Crippen MR) is 107 cm³/mol. The molecule has 1 saturated heterocycles. The third kappa shape index (κ3) is 5.43. The van der Waals surface area contributed by atoms with Gasteiger partial charge in [-0.1, -0.05) is 12.1 Å². The molecule has 1 fully saturated rings. The molecule has 2 heterocycles. The van der Waals surface area contributed by atoms with Gasteiger partial charge in [0.05, 0.1) is 12.7 Å². The van der Waals surface area contributed by atoms with E-state index < -0.39 is 11.9 Å². The van der Waals surface area contributed by atoms with E-state index in [0.29, 0.717) is 43.4 Å². The Morgan fingerprint density at radius 2 is 1.73 bits per heavy atom. The molecule has 0 radical (unpaired) electrons. The van der Waals surface area contributed by atoms with Crippen molar-refractivity contribution in [3.8, 4) is 5.75 Å². The van der Waals surface area contributed by atoms with Gasteiger partial charge in [-0.15, -0.1) is 0 Å². The lowest BCUT2D eigenvalue weighted by Gasteiger charge is -2.34. The maximum atomic E-state index is 12.3. The van der Waals surface area contributed by atoms with E-state index in [1.807, 2.05) is 4.90 Å². The minimum Gasteiger partial charge on any atom is -0.496 e. The highest BCUT2D eigenvalue weighted by Crippen LogP contribution is 2.16. The number of para-hydroxylation sites is 1. The summed E-state index contributed by atoms with van der Waals surface area (Å²) in [6, 6.07) is 8.41. The fourth-order valence-electron chi connectivity index (χ4n) is 2.97. The van der Waals surface area contributed by atoms with Crippen LogP contribution < -0.4 is 15.0 Å². The first-order chi connectivity index (χ1) is 14.6. The van der Waals surface area contributed by atoms with E-state index in [9.17, 15) is 14.4 Å². The van der Waals surface area contributed by atoms with Gasteiger partial charge in [0.2, 0.25) is 5.95 Å². The number of amides is 2. The SMILES string of the molecule is COc1ccccc1C(=O)NCC(=O)OCC(=O)N1CCN(c2ncccn2)CC1. The van der Waals surface area contributed by atoms with E-state index in [1.54, 1.807) is 47.6 Å². The molecule has 0 bridgehead atoms. The second-order valence-corrected chi connectivity index (χ2v) is 6.46. The van der Waals surface area contributed by atoms with E-state index >= 15 is 0 Å². The summed E-state index contributed by atoms with van der Waals surface area (Å²) < 4.78 is 10.1. The first kappa shape index (κ1) is 21.0. The second kappa shape index (κ2) is 10.2. The monoisotopic (exact) mass is 413 g/mol. The summed E-state index contributed by atoms with van der Waals surface area (Å²) in [5.74, 6) is -0.411. The van der Waals surface area contributed by atoms with Gasteiger partial charge < -0.3 is 24.6 Å². The highest BCUT2D eigenvalue weighted by molar-refractivity contribution is 5.98. The molecule has 1 aromatic heterocycles. The summed E-state index contributed by atoms with van der Waals surface area (Å²) in [6.07, 6.45) is 3.35. The zero-order valence-corrected chi connectivity index (χ0v) is 16.6. The molecular weight excluding hydrogens is 390 g/mol. The van der Waals surface area contributed by atoms with Crippen molar-refractivity contribution in [2.45, 2.75) is 0 Å². The molecule has 0 aliphatic carbocycles. The number of carbonyl (C=O) groups excluding carboxylic acids is 3. The van der Waals surface area contributed by atoms with Crippen molar-refractivity contribution in [2.75, 3.05) is 51.3 Å². The van der Waals surface area contributed by atoms with Crippen LogP contribution in [0.4, 0.5) is 5.95 Å². The quantitative estimate of drug-likeness (QED) is 0.636. The largest absolute Gasteiger partial charge is 0.496 e. The average molecular weight is 413 g/mol. The van der Waals surface area contributed by atoms with Crippen molar-refractivity contribution >= 4 is 23.7 Å². The number of methoxy groups -OCH3 is 1. The molecule has 10 nitrogen and oxygen atoms in total. The Bertz CT molecular complexity index is 884. The lowest BCUT2D eigenvalue weighted by atomic mass is 10.2. The predicted octanol–water partition coefficient (Wildman–Crippen LogP) is 0.107. The van der Waals surface area contributed by atoms with Crippen LogP contribution in [0.3, 0.4) is 0 Å². The molecule has 0 atom stereocenters. The summed E-state index contributed by atoms with van der Waals surface area (Å²) in [5, 5.41) is 2.46. The molecule has 1 aliphatic heterocycles. The molecule has 2 aromatic rings. The van der Waals surface area contributed by atoms with Crippen molar-refractivity contribution in [3.05, 3.63) is 48.3 Å². The Balaban J connectivity index is 1.38. The van der Waals surface area contributed by atoms with E-state index in [1.165, 1.54) is 7.11 Å². The molecule has 30 heavy (non-hydrogen) atoms. The fraction of sp³-hybridized carbons (Fsp3) is 0.350. The minimum absolute atomic E-state index is 0.284. The third-order valence-electron chi connectivity index (χ3n) is 4.57. The highest BCUT2D eigenvalue weighted by Gasteiger charge is 2.23. The first-order valence-corrected chi connectivity index (χ1v) is 9.45. The van der Waals surface area contributed by atoms with E-state index in [0.717, 1.165) is 0 Å². The van der Waals surface area contributed by atoms with Crippen molar-refractivity contribution in [3.63, 3.8) is 0 Å². The molecule has 158 valence electrons. The molecular formula is C20H23N5O5. The number of aromatic nitrogens is 2. The molecule has 0 spiro atoms. The number of hydrogen-bond acceptors (Lipinski definition) is 8. The Morgan fingerprint density at radius 1 is 1.03 bits per heavy atom. The molecule has 1 N–H and O–H groups in total. The van der Waals surface area contributed by atoms with Crippen LogP contribution in [0.1, 0.15) is 10.4 Å². The number of hydrogen-bond donors (Lipinski definition) is 1. The van der Waals surface area contributed by atoms with Gasteiger partial charge in [-0.3, -0.25) is 14.4 Å². The number of rotatable bonds is 7. The Kier molecular flexibility index (Phi) is 7.14. The normalized spacial score (nSPS) is 13.5. The maximum Gasteiger partial charge on any atom is 0.325 e. The average Bonchev–Trinajstić information content (AvgIpc) is 2.81. The van der Waals surface area contributed by atoms with Gasteiger partial charge in [0.25, 0.3) is 11.8 Å². The molecule has 2 amide bonds. The van der Waals surface area contributed by atoms with Crippen molar-refractivity contribution in [1.29, 1.82) is 0 Å². The van der Waals surface area contributed by atoms with E-state index in [4.69, 9.17) is 9.47 Å². The van der Waals surface area contributed by atoms with Crippen molar-refractivity contribution in [2.24, 2.45) is 0 Å². The number of benzene rings is 1. The van der Waals surface area contributed by atoms with Crippen molar-refractivity contribution < 1.29 is 23.9 Å². The summed E-state index contributed by atoms with van der Waals surface area (Å²) in [5.41, 5.74) is 0.309. The Hall–Kier alpha value is -3.69. The Morgan fingerprint density at radius 3 is 2.43 bits per heavy atom. The summed E-state index contributed by atoms with van der Waals surface area (Å²) in [6.45, 7) is 1.45. The van der Waals surface area contributed by atoms with Crippen LogP contribution in [0.2, 0.25) is 0 Å². The zero-order chi connectivity index (χ0) is 21.3. The standard InChI is InChI=1S/C20H23N5O5/c1-29-16-6-3-2-5-15(16)19(28)23-13-18(27)30-14-17(26)24-9-11-25(12-10-24)20-21-7-4-8-22-20/h2-8H,9-14H2,1H3,(H,23,28). The smallest absolute Gasteiger partial charge is 0.325 e. The lowest BCUT2D eigenvalue weighted by Crippen LogP contribution is -2.50. The number of nitrogens with zero attached hydrogens (tertiary/aromatic N) is 4. The van der Waals surface area contributed by atoms with Crippen LogP contribution in [0.15, 0.2) is 42.7 Å². The van der Waals surface area contributed by atoms with Crippen LogP contribution in [-0.4, -0.2) is 79.1 Å². The van der Waals surface area contributed by atoms with Gasteiger partial charge in [0.15, 0.2) is 6.61 Å². The Labute approximate surface area is 173 Å². The molecule has 1 aliphatic rings. The number of piperazine rings is 1. The number of carbonyl (C=O) groups is 3.